The number of rotatable bonds is 5. The molecule has 3 aromatic rings. The van der Waals surface area contributed by atoms with Crippen molar-refractivity contribution in [1.82, 2.24) is 14.8 Å². The Morgan fingerprint density at radius 1 is 1.10 bits per heavy atom. The number of alkyl halides is 3. The topological polar surface area (TPSA) is 105 Å². The van der Waals surface area contributed by atoms with Gasteiger partial charge < -0.3 is 10.1 Å². The van der Waals surface area contributed by atoms with Gasteiger partial charge in [-0.1, -0.05) is 55.3 Å². The summed E-state index contributed by atoms with van der Waals surface area (Å²) in [5.74, 6) is 0.729. The van der Waals surface area contributed by atoms with E-state index in [0.29, 0.717) is 35.7 Å². The average molecular weight is 581 g/mol. The summed E-state index contributed by atoms with van der Waals surface area (Å²) >= 11 is 0. The molecule has 0 bridgehead atoms. The van der Waals surface area contributed by atoms with Gasteiger partial charge in [0.25, 0.3) is 5.56 Å². The molecule has 1 N–H and O–H groups in total. The van der Waals surface area contributed by atoms with E-state index in [-0.39, 0.29) is 18.2 Å². The van der Waals surface area contributed by atoms with Crippen molar-refractivity contribution >= 4 is 17.5 Å². The Bertz CT molecular complexity index is 1510. The van der Waals surface area contributed by atoms with Crippen LogP contribution in [0.15, 0.2) is 81.7 Å². The van der Waals surface area contributed by atoms with Gasteiger partial charge in [-0.2, -0.15) is 18.4 Å². The van der Waals surface area contributed by atoms with Gasteiger partial charge in [-0.15, -0.1) is 10.2 Å². The maximum Gasteiger partial charge on any atom is 0.440 e. The molecule has 4 rings (SSSR count). The largest absolute Gasteiger partial charge is 0.443 e. The maximum atomic E-state index is 13.3. The standard InChI is InChI=1S/C24H19F3N6O2.C5H10.C2H6/c1-15-5-7-16(8-6-15)14-33-22(34)21(24(25,26)27)31-32-23(33)30-17-9-11-19(12-10-17)35-20-4-2-3-18(13-28)29-20;1-4-5(2)3;1-2/h3,5-12H,2,4,14H2,1H3,(H,30,32);4H,1-3H3;1-2H3. The number of nitrogens with zero attached hydrogens (tertiary/aromatic N) is 5. The van der Waals surface area contributed by atoms with Gasteiger partial charge >= 0.3 is 6.18 Å². The quantitative estimate of drug-likeness (QED) is 0.310. The molecule has 0 aliphatic carbocycles. The van der Waals surface area contributed by atoms with Crippen molar-refractivity contribution in [3.63, 3.8) is 0 Å². The second-order valence-electron chi connectivity index (χ2n) is 9.11. The Morgan fingerprint density at radius 2 is 1.71 bits per heavy atom. The van der Waals surface area contributed by atoms with Crippen molar-refractivity contribution in [2.24, 2.45) is 4.99 Å². The van der Waals surface area contributed by atoms with Crippen LogP contribution in [0.3, 0.4) is 0 Å². The van der Waals surface area contributed by atoms with Crippen LogP contribution in [0.4, 0.5) is 24.8 Å². The van der Waals surface area contributed by atoms with E-state index in [9.17, 15) is 18.0 Å². The third-order valence-corrected chi connectivity index (χ3v) is 5.66. The van der Waals surface area contributed by atoms with Gasteiger partial charge in [0, 0.05) is 12.1 Å². The summed E-state index contributed by atoms with van der Waals surface area (Å²) in [7, 11) is 0. The zero-order valence-corrected chi connectivity index (χ0v) is 24.6. The molecule has 42 heavy (non-hydrogen) atoms. The molecule has 0 unspecified atom stereocenters. The third kappa shape index (κ3) is 10.0. The minimum absolute atomic E-state index is 0.129. The number of nitriles is 1. The van der Waals surface area contributed by atoms with Crippen molar-refractivity contribution in [1.29, 1.82) is 5.26 Å². The maximum absolute atomic E-state index is 13.3. The number of nitrogens with one attached hydrogen (secondary N) is 1. The van der Waals surface area contributed by atoms with Gasteiger partial charge in [0.15, 0.2) is 5.90 Å². The van der Waals surface area contributed by atoms with Crippen molar-refractivity contribution in [2.45, 2.75) is 67.1 Å². The Balaban J connectivity index is 0.000000797. The van der Waals surface area contributed by atoms with Gasteiger partial charge in [0.1, 0.15) is 17.5 Å². The van der Waals surface area contributed by atoms with Gasteiger partial charge in [-0.3, -0.25) is 9.36 Å². The molecule has 0 atom stereocenters. The highest BCUT2D eigenvalue weighted by Gasteiger charge is 2.38. The van der Waals surface area contributed by atoms with Gasteiger partial charge in [-0.05, 0) is 70.0 Å². The molecule has 0 amide bonds. The second kappa shape index (κ2) is 15.9. The fourth-order valence-corrected chi connectivity index (χ4v) is 3.30. The summed E-state index contributed by atoms with van der Waals surface area (Å²) < 4.78 is 46.4. The molecule has 0 radical (unpaired) electrons. The second-order valence-corrected chi connectivity index (χ2v) is 9.11. The van der Waals surface area contributed by atoms with E-state index in [0.717, 1.165) is 10.1 Å². The highest BCUT2D eigenvalue weighted by atomic mass is 19.4. The summed E-state index contributed by atoms with van der Waals surface area (Å²) in [5, 5.41) is 18.6. The number of aromatic nitrogens is 3. The summed E-state index contributed by atoms with van der Waals surface area (Å²) in [5.41, 5.74) is 0.841. The number of halogens is 3. The number of aliphatic imine (C=N–C) groups is 1. The highest BCUT2D eigenvalue weighted by Crippen LogP contribution is 2.26. The molecule has 2 heterocycles. The lowest BCUT2D eigenvalue weighted by Crippen LogP contribution is -2.33. The van der Waals surface area contributed by atoms with Crippen molar-refractivity contribution in [3.8, 4) is 11.8 Å². The Kier molecular flexibility index (Phi) is 12.7. The first kappa shape index (κ1) is 33.5. The van der Waals surface area contributed by atoms with Crippen LogP contribution in [0.5, 0.6) is 5.75 Å². The van der Waals surface area contributed by atoms with E-state index in [4.69, 9.17) is 10.00 Å². The molecular formula is C31H35F3N6O2. The lowest BCUT2D eigenvalue weighted by Gasteiger charge is -2.16. The lowest BCUT2D eigenvalue weighted by atomic mass is 10.1. The molecule has 11 heteroatoms. The van der Waals surface area contributed by atoms with Crippen molar-refractivity contribution < 1.29 is 17.9 Å². The minimum atomic E-state index is -4.93. The smallest absolute Gasteiger partial charge is 0.440 e. The molecule has 222 valence electrons. The van der Waals surface area contributed by atoms with Crippen LogP contribution in [0.2, 0.25) is 0 Å². The van der Waals surface area contributed by atoms with Crippen LogP contribution < -0.4 is 15.6 Å². The fourth-order valence-electron chi connectivity index (χ4n) is 3.30. The predicted octanol–water partition coefficient (Wildman–Crippen LogP) is 7.73. The molecule has 0 spiro atoms. The molecular weight excluding hydrogens is 545 g/mol. The SMILES string of the molecule is CC.CC=C(C)C.Cc1ccc(Cn2c(Nc3ccc(OC4=NC(C#N)=CCC4)cc3)nnc(C(F)(F)F)c2=O)cc1. The van der Waals surface area contributed by atoms with E-state index in [1.807, 2.05) is 33.8 Å². The van der Waals surface area contributed by atoms with Crippen molar-refractivity contribution in [3.05, 3.63) is 99.1 Å². The predicted molar refractivity (Wildman–Crippen MR) is 159 cm³/mol. The molecule has 1 aromatic heterocycles. The van der Waals surface area contributed by atoms with Crippen LogP contribution in [-0.2, 0) is 12.7 Å². The minimum Gasteiger partial charge on any atom is -0.443 e. The van der Waals surface area contributed by atoms with Gasteiger partial charge in [-0.25, -0.2) is 4.99 Å². The summed E-state index contributed by atoms with van der Waals surface area (Å²) in [6, 6.07) is 15.5. The summed E-state index contributed by atoms with van der Waals surface area (Å²) in [6.45, 7) is 12.0. The van der Waals surface area contributed by atoms with E-state index < -0.39 is 17.4 Å². The van der Waals surface area contributed by atoms with Crippen LogP contribution in [0, 0.1) is 18.3 Å². The van der Waals surface area contributed by atoms with Crippen LogP contribution in [0.1, 0.15) is 64.3 Å². The Morgan fingerprint density at radius 3 is 2.26 bits per heavy atom. The molecule has 0 fully saturated rings. The zero-order chi connectivity index (χ0) is 31.3. The lowest BCUT2D eigenvalue weighted by molar-refractivity contribution is -0.143. The molecule has 1 aliphatic rings. The fraction of sp³-hybridized carbons (Fsp3) is 0.323. The normalized spacial score (nSPS) is 12.2. The van der Waals surface area contributed by atoms with E-state index >= 15 is 0 Å². The van der Waals surface area contributed by atoms with Crippen LogP contribution in [-0.4, -0.2) is 20.7 Å². The monoisotopic (exact) mass is 580 g/mol. The number of allylic oxidation sites excluding steroid dienone is 4. The van der Waals surface area contributed by atoms with E-state index in [1.165, 1.54) is 5.57 Å². The number of anilines is 2. The number of aryl methyl sites for hydroxylation is 1. The third-order valence-electron chi connectivity index (χ3n) is 5.66. The van der Waals surface area contributed by atoms with E-state index in [2.05, 4.69) is 40.4 Å². The number of hydrogen-bond acceptors (Lipinski definition) is 7. The molecule has 8 nitrogen and oxygen atoms in total. The van der Waals surface area contributed by atoms with Gasteiger partial charge in [0.05, 0.1) is 6.54 Å². The molecule has 1 aliphatic heterocycles. The highest BCUT2D eigenvalue weighted by molar-refractivity contribution is 5.81. The zero-order valence-electron chi connectivity index (χ0n) is 24.6. The summed E-state index contributed by atoms with van der Waals surface area (Å²) in [4.78, 5) is 16.8. The van der Waals surface area contributed by atoms with Gasteiger partial charge in [0.2, 0.25) is 11.6 Å². The van der Waals surface area contributed by atoms with E-state index in [1.54, 1.807) is 54.6 Å². The molecule has 0 saturated heterocycles. The average Bonchev–Trinajstić information content (AvgIpc) is 2.97. The number of benzene rings is 2. The van der Waals surface area contributed by atoms with Crippen LogP contribution >= 0.6 is 0 Å². The first-order valence-corrected chi connectivity index (χ1v) is 13.4. The summed E-state index contributed by atoms with van der Waals surface area (Å²) in [6.07, 6.45) is 0.0737. The number of ether oxygens (including phenoxy) is 1. The first-order valence-electron chi connectivity index (χ1n) is 13.4. The Labute approximate surface area is 243 Å². The molecule has 2 aromatic carbocycles. The molecule has 0 saturated carbocycles. The first-order chi connectivity index (χ1) is 20.0. The van der Waals surface area contributed by atoms with Crippen LogP contribution in [0.25, 0.3) is 0 Å². The van der Waals surface area contributed by atoms with Crippen molar-refractivity contribution in [2.75, 3.05) is 5.32 Å². The Hall–Kier alpha value is -4.72. The number of hydrogen-bond donors (Lipinski definition) is 1.